The van der Waals surface area contributed by atoms with Gasteiger partial charge in [-0.05, 0) is 42.2 Å². The van der Waals surface area contributed by atoms with E-state index in [4.69, 9.17) is 4.42 Å². The molecule has 0 saturated heterocycles. The van der Waals surface area contributed by atoms with Crippen molar-refractivity contribution >= 4 is 22.7 Å². The van der Waals surface area contributed by atoms with E-state index in [0.717, 1.165) is 5.39 Å². The summed E-state index contributed by atoms with van der Waals surface area (Å²) in [6.07, 6.45) is 0. The van der Waals surface area contributed by atoms with Crippen LogP contribution in [0, 0.1) is 0 Å². The Kier molecular flexibility index (Phi) is 4.98. The summed E-state index contributed by atoms with van der Waals surface area (Å²) in [6.45, 7) is 8.06. The van der Waals surface area contributed by atoms with Gasteiger partial charge in [0.15, 0.2) is 0 Å². The van der Waals surface area contributed by atoms with Gasteiger partial charge in [0.2, 0.25) is 0 Å². The monoisotopic (exact) mass is 366 g/mol. The first-order chi connectivity index (χ1) is 12.6. The molecule has 2 aromatic carbocycles. The Morgan fingerprint density at radius 3 is 2.33 bits per heavy atom. The van der Waals surface area contributed by atoms with E-state index < -0.39 is 5.60 Å². The molecule has 0 bridgehead atoms. The number of carbonyl (C=O) groups excluding carboxylic acids is 1. The number of hydrogen-bond donors (Lipinski definition) is 3. The van der Waals surface area contributed by atoms with Gasteiger partial charge in [-0.15, -0.1) is 0 Å². The molecule has 5 heteroatoms. The molecule has 142 valence electrons. The maximum Gasteiger partial charge on any atom is 0.319 e. The highest BCUT2D eigenvalue weighted by atomic mass is 16.4. The summed E-state index contributed by atoms with van der Waals surface area (Å²) in [5.74, 6) is 0.415. The van der Waals surface area contributed by atoms with Crippen molar-refractivity contribution < 1.29 is 14.3 Å². The number of nitrogens with one attached hydrogen (secondary N) is 2. The van der Waals surface area contributed by atoms with Gasteiger partial charge in [-0.1, -0.05) is 51.1 Å². The first kappa shape index (κ1) is 19.0. The molecule has 1 atom stereocenters. The van der Waals surface area contributed by atoms with Crippen LogP contribution in [0.25, 0.3) is 11.0 Å². The Morgan fingerprint density at radius 2 is 1.70 bits per heavy atom. The lowest BCUT2D eigenvalue weighted by molar-refractivity contribution is 0.0388. The zero-order valence-electron chi connectivity index (χ0n) is 16.2. The Balaban J connectivity index is 1.60. The van der Waals surface area contributed by atoms with Crippen molar-refractivity contribution in [3.05, 3.63) is 65.9 Å². The van der Waals surface area contributed by atoms with Crippen molar-refractivity contribution in [3.63, 3.8) is 0 Å². The summed E-state index contributed by atoms with van der Waals surface area (Å²) in [5, 5.41) is 17.1. The third-order valence-corrected chi connectivity index (χ3v) is 4.56. The maximum atomic E-state index is 12.2. The van der Waals surface area contributed by atoms with Crippen LogP contribution < -0.4 is 10.6 Å². The van der Waals surface area contributed by atoms with Gasteiger partial charge in [-0.2, -0.15) is 0 Å². The number of benzene rings is 2. The molecular weight excluding hydrogens is 340 g/mol. The van der Waals surface area contributed by atoms with E-state index in [1.165, 1.54) is 5.56 Å². The summed E-state index contributed by atoms with van der Waals surface area (Å²) >= 11 is 0. The third kappa shape index (κ3) is 4.49. The molecule has 3 N–H and O–H groups in total. The Hall–Kier alpha value is -2.79. The standard InChI is InChI=1S/C22H26N2O3/c1-21(2,3)16-9-11-17(12-10-16)24-20(25)23-14-22(4,26)19-13-15-7-5-6-8-18(15)27-19/h5-13,26H,14H2,1-4H3,(H2,23,24,25). The predicted octanol–water partition coefficient (Wildman–Crippen LogP) is 4.76. The average molecular weight is 366 g/mol. The molecule has 0 aliphatic heterocycles. The van der Waals surface area contributed by atoms with E-state index in [-0.39, 0.29) is 18.0 Å². The summed E-state index contributed by atoms with van der Waals surface area (Å²) in [5.41, 5.74) is 1.35. The molecular formula is C22H26N2O3. The highest BCUT2D eigenvalue weighted by Crippen LogP contribution is 2.27. The van der Waals surface area contributed by atoms with Crippen LogP contribution in [0.5, 0.6) is 0 Å². The highest BCUT2D eigenvalue weighted by Gasteiger charge is 2.28. The van der Waals surface area contributed by atoms with Crippen molar-refractivity contribution in [2.75, 3.05) is 11.9 Å². The van der Waals surface area contributed by atoms with E-state index in [1.54, 1.807) is 13.0 Å². The molecule has 1 unspecified atom stereocenters. The second kappa shape index (κ2) is 7.08. The molecule has 0 fully saturated rings. The van der Waals surface area contributed by atoms with Crippen LogP contribution in [0.3, 0.4) is 0 Å². The van der Waals surface area contributed by atoms with Gasteiger partial charge in [0.1, 0.15) is 16.9 Å². The van der Waals surface area contributed by atoms with Crippen LogP contribution in [-0.4, -0.2) is 17.7 Å². The third-order valence-electron chi connectivity index (χ3n) is 4.56. The lowest BCUT2D eigenvalue weighted by Crippen LogP contribution is -2.40. The van der Waals surface area contributed by atoms with Crippen LogP contribution in [0.4, 0.5) is 10.5 Å². The number of fused-ring (bicyclic) bond motifs is 1. The van der Waals surface area contributed by atoms with Gasteiger partial charge < -0.3 is 20.2 Å². The van der Waals surface area contributed by atoms with Crippen LogP contribution >= 0.6 is 0 Å². The molecule has 3 aromatic rings. The van der Waals surface area contributed by atoms with Gasteiger partial charge >= 0.3 is 6.03 Å². The predicted molar refractivity (Wildman–Crippen MR) is 108 cm³/mol. The van der Waals surface area contributed by atoms with Crippen LogP contribution in [-0.2, 0) is 11.0 Å². The zero-order valence-corrected chi connectivity index (χ0v) is 16.2. The molecule has 0 aliphatic carbocycles. The second-order valence-corrected chi connectivity index (χ2v) is 8.06. The van der Waals surface area contributed by atoms with Gasteiger partial charge in [-0.3, -0.25) is 0 Å². The lowest BCUT2D eigenvalue weighted by atomic mass is 9.87. The molecule has 1 aromatic heterocycles. The molecule has 2 amide bonds. The van der Waals surface area contributed by atoms with Gasteiger partial charge in [0.25, 0.3) is 0 Å². The van der Waals surface area contributed by atoms with Crippen LogP contribution in [0.15, 0.2) is 59.0 Å². The van der Waals surface area contributed by atoms with E-state index in [9.17, 15) is 9.90 Å². The Morgan fingerprint density at radius 1 is 1.04 bits per heavy atom. The Labute approximate surface area is 159 Å². The minimum absolute atomic E-state index is 0.0265. The summed E-state index contributed by atoms with van der Waals surface area (Å²) in [7, 11) is 0. The number of anilines is 1. The highest BCUT2D eigenvalue weighted by molar-refractivity contribution is 5.89. The fourth-order valence-electron chi connectivity index (χ4n) is 2.82. The molecule has 0 saturated carbocycles. The largest absolute Gasteiger partial charge is 0.458 e. The number of urea groups is 1. The first-order valence-corrected chi connectivity index (χ1v) is 9.02. The molecule has 0 radical (unpaired) electrons. The van der Waals surface area contributed by atoms with Gasteiger partial charge in [0.05, 0.1) is 6.54 Å². The lowest BCUT2D eigenvalue weighted by Gasteiger charge is -2.21. The van der Waals surface area contributed by atoms with Gasteiger partial charge in [0, 0.05) is 11.1 Å². The quantitative estimate of drug-likeness (QED) is 0.623. The zero-order chi connectivity index (χ0) is 19.7. The summed E-state index contributed by atoms with van der Waals surface area (Å²) in [4.78, 5) is 12.2. The minimum Gasteiger partial charge on any atom is -0.458 e. The number of amides is 2. The molecule has 3 rings (SSSR count). The van der Waals surface area contributed by atoms with Gasteiger partial charge in [-0.25, -0.2) is 4.79 Å². The molecule has 0 spiro atoms. The maximum absolute atomic E-state index is 12.2. The topological polar surface area (TPSA) is 74.5 Å². The van der Waals surface area contributed by atoms with Crippen molar-refractivity contribution in [1.29, 1.82) is 0 Å². The normalized spacial score (nSPS) is 14.0. The fourth-order valence-corrected chi connectivity index (χ4v) is 2.82. The summed E-state index contributed by atoms with van der Waals surface area (Å²) < 4.78 is 5.71. The number of hydrogen-bond acceptors (Lipinski definition) is 3. The number of carbonyl (C=O) groups is 1. The van der Waals surface area contributed by atoms with Crippen molar-refractivity contribution in [1.82, 2.24) is 5.32 Å². The van der Waals surface area contributed by atoms with E-state index >= 15 is 0 Å². The Bertz CT molecular complexity index is 901. The molecule has 27 heavy (non-hydrogen) atoms. The van der Waals surface area contributed by atoms with Crippen LogP contribution in [0.2, 0.25) is 0 Å². The van der Waals surface area contributed by atoms with E-state index in [1.807, 2.05) is 48.5 Å². The first-order valence-electron chi connectivity index (χ1n) is 9.02. The van der Waals surface area contributed by atoms with E-state index in [2.05, 4.69) is 31.4 Å². The summed E-state index contributed by atoms with van der Waals surface area (Å²) in [6, 6.07) is 16.7. The number of para-hydroxylation sites is 1. The average Bonchev–Trinajstić information content (AvgIpc) is 3.05. The van der Waals surface area contributed by atoms with Crippen molar-refractivity contribution in [2.24, 2.45) is 0 Å². The molecule has 1 heterocycles. The van der Waals surface area contributed by atoms with E-state index in [0.29, 0.717) is 17.0 Å². The molecule has 0 aliphatic rings. The SMILES string of the molecule is CC(C)(C)c1ccc(NC(=O)NCC(C)(O)c2cc3ccccc3o2)cc1. The van der Waals surface area contributed by atoms with Crippen molar-refractivity contribution in [3.8, 4) is 0 Å². The number of rotatable bonds is 4. The second-order valence-electron chi connectivity index (χ2n) is 8.06. The van der Waals surface area contributed by atoms with Crippen LogP contribution in [0.1, 0.15) is 39.0 Å². The van der Waals surface area contributed by atoms with Crippen molar-refractivity contribution in [2.45, 2.75) is 38.7 Å². The number of furan rings is 1. The minimum atomic E-state index is -1.31. The molecule has 5 nitrogen and oxygen atoms in total. The smallest absolute Gasteiger partial charge is 0.319 e. The number of aliphatic hydroxyl groups is 1. The fraction of sp³-hybridized carbons (Fsp3) is 0.318.